The fourth-order valence-electron chi connectivity index (χ4n) is 1.53. The van der Waals surface area contributed by atoms with Crippen LogP contribution in [-0.2, 0) is 9.09 Å². The summed E-state index contributed by atoms with van der Waals surface area (Å²) < 4.78 is 91.9. The Morgan fingerprint density at radius 3 is 1.95 bits per heavy atom. The van der Waals surface area contributed by atoms with Crippen molar-refractivity contribution in [2.45, 2.75) is 57.0 Å². The molecule has 0 aliphatic heterocycles. The number of hydrogen-bond acceptors (Lipinski definition) is 2. The summed E-state index contributed by atoms with van der Waals surface area (Å²) in [5, 5.41) is 0. The van der Waals surface area contributed by atoms with Gasteiger partial charge in [0.25, 0.3) is 0 Å². The van der Waals surface area contributed by atoms with Crippen molar-refractivity contribution in [2.24, 2.45) is 0 Å². The van der Waals surface area contributed by atoms with Crippen LogP contribution in [0.3, 0.4) is 0 Å². The third kappa shape index (κ3) is 4.09. The molecule has 1 atom stereocenters. The zero-order valence-corrected chi connectivity index (χ0v) is 11.5. The number of phosphoric acid groups is 1. The lowest BCUT2D eigenvalue weighted by molar-refractivity contribution is -0.318. The summed E-state index contributed by atoms with van der Waals surface area (Å²) in [7, 11) is -5.58. The normalized spacial score (nSPS) is 17.4. The van der Waals surface area contributed by atoms with Crippen molar-refractivity contribution in [3.8, 4) is 0 Å². The van der Waals surface area contributed by atoms with Gasteiger partial charge in [-0.15, -0.1) is 0 Å². The van der Waals surface area contributed by atoms with E-state index in [4.69, 9.17) is 9.79 Å². The van der Waals surface area contributed by atoms with E-state index in [0.29, 0.717) is 0 Å². The minimum atomic E-state index is -5.79. The molecule has 0 heterocycles. The molecule has 0 radical (unpaired) electrons. The van der Waals surface area contributed by atoms with Crippen LogP contribution in [-0.4, -0.2) is 33.7 Å². The molecule has 0 aliphatic rings. The maximum atomic E-state index is 13.7. The molecule has 11 heteroatoms. The molecule has 0 saturated heterocycles. The van der Waals surface area contributed by atoms with Crippen LogP contribution in [0.5, 0.6) is 0 Å². The second kappa shape index (κ2) is 6.21. The molecule has 0 saturated carbocycles. The molecule has 0 amide bonds. The van der Waals surface area contributed by atoms with Crippen LogP contribution >= 0.6 is 7.82 Å². The fourth-order valence-corrected chi connectivity index (χ4v) is 2.26. The topological polar surface area (TPSA) is 66.8 Å². The lowest BCUT2D eigenvalue weighted by Crippen LogP contribution is -2.60. The van der Waals surface area contributed by atoms with E-state index in [1.165, 1.54) is 6.92 Å². The summed E-state index contributed by atoms with van der Waals surface area (Å²) in [4.78, 5) is 17.1. The Bertz CT molecular complexity index is 371. The van der Waals surface area contributed by atoms with Crippen LogP contribution in [0.15, 0.2) is 0 Å². The van der Waals surface area contributed by atoms with Gasteiger partial charge in [-0.2, -0.15) is 17.6 Å². The third-order valence-electron chi connectivity index (χ3n) is 2.68. The highest BCUT2D eigenvalue weighted by Crippen LogP contribution is 2.54. The van der Waals surface area contributed by atoms with Crippen molar-refractivity contribution in [2.75, 3.05) is 0 Å². The van der Waals surface area contributed by atoms with Gasteiger partial charge in [0.05, 0.1) is 0 Å². The van der Waals surface area contributed by atoms with Crippen LogP contribution in [0, 0.1) is 0 Å². The van der Waals surface area contributed by atoms with E-state index in [-0.39, 0.29) is 19.8 Å². The van der Waals surface area contributed by atoms with Gasteiger partial charge in [-0.3, -0.25) is 4.52 Å². The predicted molar refractivity (Wildman–Crippen MR) is 57.0 cm³/mol. The standard InChI is InChI=1S/C9H15F6O4P/c1-3-4-5-7(2,19-20(16,17)18)9(14,15)8(12,13)6(10)11/h6H,3-5H2,1-2H3,(H2,16,17,18). The molecule has 0 aromatic carbocycles. The number of hydrogen-bond donors (Lipinski definition) is 2. The largest absolute Gasteiger partial charge is 0.470 e. The lowest BCUT2D eigenvalue weighted by Gasteiger charge is -2.40. The van der Waals surface area contributed by atoms with Crippen molar-refractivity contribution in [1.29, 1.82) is 0 Å². The summed E-state index contributed by atoms with van der Waals surface area (Å²) in [6.45, 7) is 1.76. The number of alkyl halides is 6. The zero-order chi connectivity index (χ0) is 16.4. The van der Waals surface area contributed by atoms with Gasteiger partial charge in [-0.25, -0.2) is 13.3 Å². The Morgan fingerprint density at radius 1 is 1.20 bits per heavy atom. The van der Waals surface area contributed by atoms with Crippen molar-refractivity contribution < 1.29 is 45.2 Å². The van der Waals surface area contributed by atoms with Gasteiger partial charge < -0.3 is 9.79 Å². The maximum absolute atomic E-state index is 13.7. The number of rotatable bonds is 8. The van der Waals surface area contributed by atoms with E-state index in [1.807, 2.05) is 0 Å². The maximum Gasteiger partial charge on any atom is 0.470 e. The summed E-state index contributed by atoms with van der Waals surface area (Å²) >= 11 is 0. The van der Waals surface area contributed by atoms with E-state index in [0.717, 1.165) is 0 Å². The first-order valence-corrected chi connectivity index (χ1v) is 7.04. The van der Waals surface area contributed by atoms with Gasteiger partial charge in [0.2, 0.25) is 0 Å². The molecule has 0 fully saturated rings. The van der Waals surface area contributed by atoms with Crippen molar-refractivity contribution >= 4 is 7.82 Å². The smallest absolute Gasteiger partial charge is 0.303 e. The van der Waals surface area contributed by atoms with Crippen LogP contribution in [0.1, 0.15) is 33.1 Å². The predicted octanol–water partition coefficient (Wildman–Crippen LogP) is 3.58. The Balaban J connectivity index is 5.67. The molecule has 1 unspecified atom stereocenters. The number of halogens is 6. The number of phosphoric ester groups is 1. The van der Waals surface area contributed by atoms with Crippen molar-refractivity contribution in [3.05, 3.63) is 0 Å². The van der Waals surface area contributed by atoms with Gasteiger partial charge in [0.1, 0.15) is 5.60 Å². The molecule has 122 valence electrons. The summed E-state index contributed by atoms with van der Waals surface area (Å²) in [5.74, 6) is -11.3. The SMILES string of the molecule is CCCCC(C)(OP(=O)(O)O)C(F)(F)C(F)(F)C(F)F. The zero-order valence-electron chi connectivity index (χ0n) is 10.6. The highest BCUT2D eigenvalue weighted by atomic mass is 31.2. The van der Waals surface area contributed by atoms with Crippen LogP contribution in [0.4, 0.5) is 26.3 Å². The van der Waals surface area contributed by atoms with Crippen LogP contribution < -0.4 is 0 Å². The van der Waals surface area contributed by atoms with Crippen molar-refractivity contribution in [3.63, 3.8) is 0 Å². The lowest BCUT2D eigenvalue weighted by atomic mass is 9.88. The Morgan fingerprint density at radius 2 is 1.65 bits per heavy atom. The molecular formula is C9H15F6O4P. The molecule has 2 N–H and O–H groups in total. The minimum absolute atomic E-state index is 0.175. The van der Waals surface area contributed by atoms with Crippen LogP contribution in [0.2, 0.25) is 0 Å². The molecule has 0 aromatic heterocycles. The Hall–Kier alpha value is -0.310. The van der Waals surface area contributed by atoms with E-state index in [9.17, 15) is 30.9 Å². The Kier molecular flexibility index (Phi) is 6.11. The van der Waals surface area contributed by atoms with Crippen molar-refractivity contribution in [1.82, 2.24) is 0 Å². The molecule has 0 rings (SSSR count). The first-order valence-electron chi connectivity index (χ1n) is 5.51. The molecule has 4 nitrogen and oxygen atoms in total. The van der Waals surface area contributed by atoms with E-state index >= 15 is 0 Å². The van der Waals surface area contributed by atoms with Gasteiger partial charge in [-0.05, 0) is 13.3 Å². The van der Waals surface area contributed by atoms with E-state index < -0.39 is 38.1 Å². The third-order valence-corrected chi connectivity index (χ3v) is 3.33. The van der Waals surface area contributed by atoms with Gasteiger partial charge >= 0.3 is 26.1 Å². The summed E-state index contributed by atoms with van der Waals surface area (Å²) in [6, 6.07) is 0. The monoisotopic (exact) mass is 332 g/mol. The highest BCUT2D eigenvalue weighted by Gasteiger charge is 2.72. The molecule has 0 bridgehead atoms. The average Bonchev–Trinajstić information content (AvgIpc) is 2.23. The second-order valence-electron chi connectivity index (χ2n) is 4.41. The second-order valence-corrected chi connectivity index (χ2v) is 5.58. The average molecular weight is 332 g/mol. The first-order chi connectivity index (χ1) is 8.71. The van der Waals surface area contributed by atoms with Gasteiger partial charge in [0.15, 0.2) is 0 Å². The molecular weight excluding hydrogens is 317 g/mol. The van der Waals surface area contributed by atoms with Gasteiger partial charge in [0, 0.05) is 0 Å². The fraction of sp³-hybridized carbons (Fsp3) is 1.00. The Labute approximate surface area is 111 Å². The first kappa shape index (κ1) is 19.7. The summed E-state index contributed by atoms with van der Waals surface area (Å²) in [6.07, 6.45) is -5.61. The van der Waals surface area contributed by atoms with Gasteiger partial charge in [-0.1, -0.05) is 19.8 Å². The molecule has 0 aliphatic carbocycles. The molecule has 0 spiro atoms. The minimum Gasteiger partial charge on any atom is -0.303 e. The molecule has 0 aromatic rings. The number of unbranched alkanes of at least 4 members (excludes halogenated alkanes) is 1. The highest BCUT2D eigenvalue weighted by molar-refractivity contribution is 7.46. The summed E-state index contributed by atoms with van der Waals surface area (Å²) in [5.41, 5.74) is -3.43. The molecule has 20 heavy (non-hydrogen) atoms. The quantitative estimate of drug-likeness (QED) is 0.527. The van der Waals surface area contributed by atoms with E-state index in [2.05, 4.69) is 4.52 Å². The van der Waals surface area contributed by atoms with Crippen LogP contribution in [0.25, 0.3) is 0 Å². The van der Waals surface area contributed by atoms with E-state index in [1.54, 1.807) is 0 Å².